The van der Waals surface area contributed by atoms with E-state index in [0.717, 1.165) is 56.3 Å². The van der Waals surface area contributed by atoms with Gasteiger partial charge in [0.15, 0.2) is 0 Å². The van der Waals surface area contributed by atoms with Crippen molar-refractivity contribution in [3.63, 3.8) is 0 Å². The Hall–Kier alpha value is -1.30. The van der Waals surface area contributed by atoms with Crippen molar-refractivity contribution in [1.29, 1.82) is 0 Å². The third-order valence-electron chi connectivity index (χ3n) is 8.52. The highest BCUT2D eigenvalue weighted by molar-refractivity contribution is 5.58. The maximum atomic E-state index is 10.5. The van der Waals surface area contributed by atoms with Crippen molar-refractivity contribution in [2.45, 2.75) is 51.0 Å². The minimum atomic E-state index is -0.394. The first-order chi connectivity index (χ1) is 15.1. The van der Waals surface area contributed by atoms with Gasteiger partial charge in [0.05, 0.1) is 25.5 Å². The second-order valence-corrected chi connectivity index (χ2v) is 10.9. The lowest BCUT2D eigenvalue weighted by Crippen LogP contribution is -2.49. The summed E-state index contributed by atoms with van der Waals surface area (Å²) in [6.45, 7) is 5.84. The smallest absolute Gasteiger partial charge is 0.142 e. The second-order valence-electron chi connectivity index (χ2n) is 10.9. The highest BCUT2D eigenvalue weighted by atomic mass is 16.5. The van der Waals surface area contributed by atoms with Crippen LogP contribution in [0, 0.1) is 23.2 Å². The van der Waals surface area contributed by atoms with E-state index in [9.17, 15) is 5.11 Å². The zero-order valence-corrected chi connectivity index (χ0v) is 19.2. The molecular weight excluding hydrogens is 388 g/mol. The van der Waals surface area contributed by atoms with Gasteiger partial charge in [-0.3, -0.25) is 4.90 Å². The molecule has 0 radical (unpaired) electrons. The molecule has 5 heteroatoms. The Balaban J connectivity index is 1.01. The van der Waals surface area contributed by atoms with E-state index in [1.807, 2.05) is 12.1 Å². The number of anilines is 1. The molecular formula is C26H40N2O3. The SMILES string of the molecule is COc1ccccc1N1CCN(C[C@@H](O)COCCC23CC4CC(CC(C4)C2)C3)CC1. The Labute approximate surface area is 187 Å². The molecule has 0 unspecified atom stereocenters. The zero-order chi connectivity index (χ0) is 21.3. The number of aliphatic hydroxyl groups is 1. The van der Waals surface area contributed by atoms with Crippen molar-refractivity contribution in [3.8, 4) is 5.75 Å². The number of nitrogens with zero attached hydrogens (tertiary/aromatic N) is 2. The molecule has 0 amide bonds. The lowest BCUT2D eigenvalue weighted by molar-refractivity contribution is -0.0741. The monoisotopic (exact) mass is 428 g/mol. The molecule has 5 nitrogen and oxygen atoms in total. The average molecular weight is 429 g/mol. The van der Waals surface area contributed by atoms with E-state index >= 15 is 0 Å². The van der Waals surface area contributed by atoms with Crippen LogP contribution in [0.3, 0.4) is 0 Å². The number of rotatable bonds is 9. The summed E-state index contributed by atoms with van der Waals surface area (Å²) in [6, 6.07) is 8.22. The third-order valence-corrected chi connectivity index (χ3v) is 8.52. The molecule has 1 heterocycles. The summed E-state index contributed by atoms with van der Waals surface area (Å²) in [7, 11) is 1.73. The van der Waals surface area contributed by atoms with Gasteiger partial charge in [0.25, 0.3) is 0 Å². The summed E-state index contributed by atoms with van der Waals surface area (Å²) >= 11 is 0. The van der Waals surface area contributed by atoms with Crippen molar-refractivity contribution in [1.82, 2.24) is 4.90 Å². The van der Waals surface area contributed by atoms with Gasteiger partial charge in [-0.2, -0.15) is 0 Å². The van der Waals surface area contributed by atoms with Crippen LogP contribution in [0.5, 0.6) is 5.75 Å². The van der Waals surface area contributed by atoms with Gasteiger partial charge in [-0.05, 0) is 80.2 Å². The van der Waals surface area contributed by atoms with Gasteiger partial charge in [0.2, 0.25) is 0 Å². The van der Waals surface area contributed by atoms with Crippen LogP contribution in [0.25, 0.3) is 0 Å². The van der Waals surface area contributed by atoms with E-state index in [1.165, 1.54) is 50.6 Å². The lowest BCUT2D eigenvalue weighted by atomic mass is 9.49. The predicted octanol–water partition coefficient (Wildman–Crippen LogP) is 3.80. The number of methoxy groups -OCH3 is 1. The Bertz CT molecular complexity index is 696. The molecule has 31 heavy (non-hydrogen) atoms. The average Bonchev–Trinajstić information content (AvgIpc) is 2.76. The first-order valence-corrected chi connectivity index (χ1v) is 12.5. The number of β-amino-alcohol motifs (C(OH)–C–C–N with tert-alkyl or cyclic N) is 1. The molecule has 1 aromatic rings. The van der Waals surface area contributed by atoms with Gasteiger partial charge in [-0.15, -0.1) is 0 Å². The lowest BCUT2D eigenvalue weighted by Gasteiger charge is -2.57. The fourth-order valence-corrected chi connectivity index (χ4v) is 7.52. The molecule has 4 bridgehead atoms. The highest BCUT2D eigenvalue weighted by Crippen LogP contribution is 2.61. The van der Waals surface area contributed by atoms with Crippen LogP contribution in [0.4, 0.5) is 5.69 Å². The van der Waals surface area contributed by atoms with Gasteiger partial charge >= 0.3 is 0 Å². The van der Waals surface area contributed by atoms with E-state index in [-0.39, 0.29) is 0 Å². The fraction of sp³-hybridized carbons (Fsp3) is 0.769. The number of piperazine rings is 1. The largest absolute Gasteiger partial charge is 0.495 e. The van der Waals surface area contributed by atoms with Crippen molar-refractivity contribution in [2.24, 2.45) is 23.2 Å². The molecule has 0 aromatic heterocycles. The van der Waals surface area contributed by atoms with E-state index in [1.54, 1.807) is 7.11 Å². The van der Waals surface area contributed by atoms with Crippen molar-refractivity contribution < 1.29 is 14.6 Å². The van der Waals surface area contributed by atoms with Crippen molar-refractivity contribution in [3.05, 3.63) is 24.3 Å². The molecule has 4 aliphatic carbocycles. The molecule has 1 atom stereocenters. The first kappa shape index (κ1) is 21.5. The minimum absolute atomic E-state index is 0.394. The van der Waals surface area contributed by atoms with E-state index in [2.05, 4.69) is 21.9 Å². The Morgan fingerprint density at radius 1 is 1.00 bits per heavy atom. The van der Waals surface area contributed by atoms with Crippen LogP contribution in [0.1, 0.15) is 44.9 Å². The standard InChI is InChI=1S/C26H40N2O3/c1-30-25-5-3-2-4-24(25)28-9-7-27(8-10-28)18-23(29)19-31-11-6-26-15-20-12-21(16-26)14-22(13-20)17-26/h2-5,20-23,29H,6-19H2,1H3/t20?,21?,22?,23-,26?/m1/s1. The summed E-state index contributed by atoms with van der Waals surface area (Å²) in [4.78, 5) is 4.74. The molecule has 1 N–H and O–H groups in total. The van der Waals surface area contributed by atoms with Gasteiger partial charge in [0, 0.05) is 39.3 Å². The summed E-state index contributed by atoms with van der Waals surface area (Å²) in [5.41, 5.74) is 1.74. The molecule has 1 aromatic carbocycles. The number of aliphatic hydroxyl groups excluding tert-OH is 1. The number of benzene rings is 1. The Morgan fingerprint density at radius 3 is 2.29 bits per heavy atom. The summed E-state index contributed by atoms with van der Waals surface area (Å²) in [5.74, 6) is 3.95. The number of hydrogen-bond acceptors (Lipinski definition) is 5. The van der Waals surface area contributed by atoms with E-state index in [4.69, 9.17) is 9.47 Å². The third kappa shape index (κ3) is 4.89. The maximum Gasteiger partial charge on any atom is 0.142 e. The van der Waals surface area contributed by atoms with Crippen molar-refractivity contribution in [2.75, 3.05) is 57.9 Å². The van der Waals surface area contributed by atoms with E-state index in [0.29, 0.717) is 18.6 Å². The molecule has 1 aliphatic heterocycles. The minimum Gasteiger partial charge on any atom is -0.495 e. The molecule has 0 spiro atoms. The van der Waals surface area contributed by atoms with Crippen LogP contribution >= 0.6 is 0 Å². The van der Waals surface area contributed by atoms with Crippen LogP contribution in [0.2, 0.25) is 0 Å². The number of hydrogen-bond donors (Lipinski definition) is 1. The van der Waals surface area contributed by atoms with Crippen molar-refractivity contribution >= 4 is 5.69 Å². The number of para-hydroxylation sites is 2. The molecule has 5 fully saturated rings. The quantitative estimate of drug-likeness (QED) is 0.606. The van der Waals surface area contributed by atoms with Crippen LogP contribution in [-0.2, 0) is 4.74 Å². The normalized spacial score (nSPS) is 33.6. The highest BCUT2D eigenvalue weighted by Gasteiger charge is 2.50. The van der Waals surface area contributed by atoms with Gasteiger partial charge < -0.3 is 19.5 Å². The van der Waals surface area contributed by atoms with Gasteiger partial charge in [-0.1, -0.05) is 12.1 Å². The van der Waals surface area contributed by atoms with Crippen LogP contribution < -0.4 is 9.64 Å². The Morgan fingerprint density at radius 2 is 1.65 bits per heavy atom. The molecule has 172 valence electrons. The molecule has 1 saturated heterocycles. The molecule has 6 rings (SSSR count). The Kier molecular flexibility index (Phi) is 6.45. The second kappa shape index (κ2) is 9.29. The van der Waals surface area contributed by atoms with Crippen LogP contribution in [0.15, 0.2) is 24.3 Å². The van der Waals surface area contributed by atoms with E-state index < -0.39 is 6.10 Å². The first-order valence-electron chi connectivity index (χ1n) is 12.5. The van der Waals surface area contributed by atoms with Crippen LogP contribution in [-0.4, -0.2) is 69.2 Å². The predicted molar refractivity (Wildman–Crippen MR) is 124 cm³/mol. The zero-order valence-electron chi connectivity index (χ0n) is 19.2. The van der Waals surface area contributed by atoms with Gasteiger partial charge in [-0.25, -0.2) is 0 Å². The summed E-state index contributed by atoms with van der Waals surface area (Å²) < 4.78 is 11.5. The summed E-state index contributed by atoms with van der Waals surface area (Å²) in [5, 5.41) is 10.5. The molecule has 5 aliphatic rings. The van der Waals surface area contributed by atoms with Gasteiger partial charge in [0.1, 0.15) is 5.75 Å². The molecule has 4 saturated carbocycles. The number of ether oxygens (including phenoxy) is 2. The summed E-state index contributed by atoms with van der Waals surface area (Å²) in [6.07, 6.45) is 9.66. The fourth-order valence-electron chi connectivity index (χ4n) is 7.52. The maximum absolute atomic E-state index is 10.5. The topological polar surface area (TPSA) is 45.2 Å².